The number of primary amides is 1. The summed E-state index contributed by atoms with van der Waals surface area (Å²) in [5.41, 5.74) is 5.40. The number of hydrogen-bond acceptors (Lipinski definition) is 3. The number of carbonyl (C=O) groups excluding carboxylic acids is 1. The molecule has 1 aromatic carbocycles. The molecule has 0 atom stereocenters. The Morgan fingerprint density at radius 2 is 1.95 bits per heavy atom. The van der Waals surface area contributed by atoms with E-state index in [2.05, 4.69) is 5.32 Å². The molecule has 0 aliphatic heterocycles. The second kappa shape index (κ2) is 7.04. The van der Waals surface area contributed by atoms with E-state index in [1.54, 1.807) is 0 Å². The molecule has 1 amide bonds. The van der Waals surface area contributed by atoms with Crippen LogP contribution in [0.1, 0.15) is 25.8 Å². The lowest BCUT2D eigenvalue weighted by Crippen LogP contribution is -2.22. The molecule has 1 rings (SSSR count). The highest BCUT2D eigenvalue weighted by Gasteiger charge is 2.13. The van der Waals surface area contributed by atoms with Gasteiger partial charge in [0.05, 0.1) is 13.0 Å². The van der Waals surface area contributed by atoms with Crippen molar-refractivity contribution in [3.05, 3.63) is 29.3 Å². The molecule has 106 valence electrons. The van der Waals surface area contributed by atoms with Crippen molar-refractivity contribution in [2.75, 3.05) is 6.61 Å². The molecule has 0 aliphatic rings. The second-order valence-corrected chi connectivity index (χ2v) is 4.49. The van der Waals surface area contributed by atoms with Crippen molar-refractivity contribution in [2.24, 2.45) is 5.73 Å². The molecule has 0 spiro atoms. The van der Waals surface area contributed by atoms with Gasteiger partial charge in [-0.1, -0.05) is 13.8 Å². The summed E-state index contributed by atoms with van der Waals surface area (Å²) in [4.78, 5) is 10.5. The molecule has 0 aliphatic carbocycles. The maximum Gasteiger partial charge on any atom is 0.220 e. The third-order valence-electron chi connectivity index (χ3n) is 2.37. The Bertz CT molecular complexity index is 427. The van der Waals surface area contributed by atoms with E-state index in [4.69, 9.17) is 10.5 Å². The minimum Gasteiger partial charge on any atom is -0.487 e. The van der Waals surface area contributed by atoms with Gasteiger partial charge in [-0.05, 0) is 17.7 Å². The van der Waals surface area contributed by atoms with Crippen molar-refractivity contribution in [3.63, 3.8) is 0 Å². The standard InChI is InChI=1S/C13H18F2N2O2/c1-8(2)17-7-9-5-10(14)13(11(15)6-9)19-4-3-12(16)18/h5-6,8,17H,3-4,7H2,1-2H3,(H2,16,18). The van der Waals surface area contributed by atoms with Crippen LogP contribution < -0.4 is 15.8 Å². The van der Waals surface area contributed by atoms with Crippen molar-refractivity contribution in [3.8, 4) is 5.75 Å². The SMILES string of the molecule is CC(C)NCc1cc(F)c(OCCC(N)=O)c(F)c1. The summed E-state index contributed by atoms with van der Waals surface area (Å²) in [7, 11) is 0. The van der Waals surface area contributed by atoms with Gasteiger partial charge < -0.3 is 15.8 Å². The fraction of sp³-hybridized carbons (Fsp3) is 0.462. The number of nitrogens with one attached hydrogen (secondary N) is 1. The lowest BCUT2D eigenvalue weighted by atomic mass is 10.2. The molecular formula is C13H18F2N2O2. The summed E-state index contributed by atoms with van der Waals surface area (Å²) >= 11 is 0. The average molecular weight is 272 g/mol. The molecule has 0 fully saturated rings. The Morgan fingerprint density at radius 3 is 2.42 bits per heavy atom. The highest BCUT2D eigenvalue weighted by atomic mass is 19.1. The van der Waals surface area contributed by atoms with E-state index in [0.29, 0.717) is 12.1 Å². The maximum absolute atomic E-state index is 13.7. The summed E-state index contributed by atoms with van der Waals surface area (Å²) < 4.78 is 32.2. The second-order valence-electron chi connectivity index (χ2n) is 4.49. The third-order valence-corrected chi connectivity index (χ3v) is 2.37. The maximum atomic E-state index is 13.7. The van der Waals surface area contributed by atoms with Crippen LogP contribution in [0.2, 0.25) is 0 Å². The zero-order valence-electron chi connectivity index (χ0n) is 11.0. The molecule has 6 heteroatoms. The highest BCUT2D eigenvalue weighted by Crippen LogP contribution is 2.23. The van der Waals surface area contributed by atoms with Gasteiger partial charge in [0.15, 0.2) is 17.4 Å². The van der Waals surface area contributed by atoms with Crippen LogP contribution in [0.4, 0.5) is 8.78 Å². The van der Waals surface area contributed by atoms with E-state index >= 15 is 0 Å². The van der Waals surface area contributed by atoms with Gasteiger partial charge in [0.2, 0.25) is 5.91 Å². The number of amides is 1. The first kappa shape index (κ1) is 15.4. The van der Waals surface area contributed by atoms with Gasteiger partial charge in [-0.3, -0.25) is 4.79 Å². The third kappa shape index (κ3) is 5.21. The Kier molecular flexibility index (Phi) is 5.69. The van der Waals surface area contributed by atoms with E-state index in [9.17, 15) is 13.6 Å². The summed E-state index contributed by atoms with van der Waals surface area (Å²) in [6.45, 7) is 4.10. The van der Waals surface area contributed by atoms with E-state index in [1.165, 1.54) is 12.1 Å². The Labute approximate surface area is 110 Å². The van der Waals surface area contributed by atoms with Crippen molar-refractivity contribution in [2.45, 2.75) is 32.9 Å². The van der Waals surface area contributed by atoms with Crippen LogP contribution in [0, 0.1) is 11.6 Å². The minimum atomic E-state index is -0.787. The molecule has 0 heterocycles. The van der Waals surface area contributed by atoms with Gasteiger partial charge in [0, 0.05) is 12.6 Å². The molecular weight excluding hydrogens is 254 g/mol. The monoisotopic (exact) mass is 272 g/mol. The summed E-state index contributed by atoms with van der Waals surface area (Å²) in [6, 6.07) is 2.63. The molecule has 0 unspecified atom stereocenters. The molecule has 1 aromatic rings. The number of rotatable bonds is 7. The minimum absolute atomic E-state index is 0.0878. The fourth-order valence-electron chi connectivity index (χ4n) is 1.43. The van der Waals surface area contributed by atoms with Crippen LogP contribution in [0.15, 0.2) is 12.1 Å². The molecule has 0 bridgehead atoms. The van der Waals surface area contributed by atoms with Crippen LogP contribution in [0.5, 0.6) is 5.75 Å². The Hall–Kier alpha value is -1.69. The van der Waals surface area contributed by atoms with Crippen molar-refractivity contribution in [1.29, 1.82) is 0 Å². The fourth-order valence-corrected chi connectivity index (χ4v) is 1.43. The predicted molar refractivity (Wildman–Crippen MR) is 67.6 cm³/mol. The smallest absolute Gasteiger partial charge is 0.220 e. The summed E-state index contributed by atoms with van der Waals surface area (Å²) in [5, 5.41) is 3.06. The lowest BCUT2D eigenvalue weighted by Gasteiger charge is -2.11. The van der Waals surface area contributed by atoms with Gasteiger partial charge in [0.1, 0.15) is 0 Å². The van der Waals surface area contributed by atoms with Crippen LogP contribution >= 0.6 is 0 Å². The van der Waals surface area contributed by atoms with E-state index in [1.807, 2.05) is 13.8 Å². The molecule has 0 saturated heterocycles. The van der Waals surface area contributed by atoms with Crippen LogP contribution in [-0.4, -0.2) is 18.6 Å². The molecule has 19 heavy (non-hydrogen) atoms. The molecule has 3 N–H and O–H groups in total. The van der Waals surface area contributed by atoms with Gasteiger partial charge >= 0.3 is 0 Å². The van der Waals surface area contributed by atoms with Crippen LogP contribution in [-0.2, 0) is 11.3 Å². The van der Waals surface area contributed by atoms with E-state index in [0.717, 1.165) is 0 Å². The van der Waals surface area contributed by atoms with Crippen molar-refractivity contribution in [1.82, 2.24) is 5.32 Å². The summed E-state index contributed by atoms with van der Waals surface area (Å²) in [6.07, 6.45) is -0.0878. The molecule has 0 radical (unpaired) electrons. The molecule has 0 aromatic heterocycles. The highest BCUT2D eigenvalue weighted by molar-refractivity contribution is 5.73. The van der Waals surface area contributed by atoms with Crippen LogP contribution in [0.3, 0.4) is 0 Å². The number of carbonyl (C=O) groups is 1. The first-order chi connectivity index (χ1) is 8.90. The Morgan fingerprint density at radius 1 is 1.37 bits per heavy atom. The summed E-state index contributed by atoms with van der Waals surface area (Å²) in [5.74, 6) is -2.64. The Balaban J connectivity index is 2.71. The normalized spacial score (nSPS) is 10.8. The quantitative estimate of drug-likeness (QED) is 0.794. The number of nitrogens with two attached hydrogens (primary N) is 1. The van der Waals surface area contributed by atoms with Gasteiger partial charge in [-0.2, -0.15) is 0 Å². The topological polar surface area (TPSA) is 64.3 Å². The van der Waals surface area contributed by atoms with E-state index in [-0.39, 0.29) is 19.1 Å². The van der Waals surface area contributed by atoms with Gasteiger partial charge in [-0.15, -0.1) is 0 Å². The van der Waals surface area contributed by atoms with Gasteiger partial charge in [0.25, 0.3) is 0 Å². The van der Waals surface area contributed by atoms with Crippen molar-refractivity contribution >= 4 is 5.91 Å². The number of benzene rings is 1. The number of ether oxygens (including phenoxy) is 1. The average Bonchev–Trinajstić information content (AvgIpc) is 2.29. The zero-order chi connectivity index (χ0) is 14.4. The number of halogens is 2. The van der Waals surface area contributed by atoms with Crippen LogP contribution in [0.25, 0.3) is 0 Å². The van der Waals surface area contributed by atoms with E-state index < -0.39 is 23.3 Å². The predicted octanol–water partition coefficient (Wildman–Crippen LogP) is 1.72. The largest absolute Gasteiger partial charge is 0.487 e. The first-order valence-corrected chi connectivity index (χ1v) is 6.02. The molecule has 4 nitrogen and oxygen atoms in total. The molecule has 0 saturated carbocycles. The zero-order valence-corrected chi connectivity index (χ0v) is 11.0. The lowest BCUT2D eigenvalue weighted by molar-refractivity contribution is -0.118. The first-order valence-electron chi connectivity index (χ1n) is 6.02. The number of hydrogen-bond donors (Lipinski definition) is 2. The van der Waals surface area contributed by atoms with Crippen molar-refractivity contribution < 1.29 is 18.3 Å². The van der Waals surface area contributed by atoms with Gasteiger partial charge in [-0.25, -0.2) is 8.78 Å².